The number of aromatic hydroxyl groups is 1. The predicted molar refractivity (Wildman–Crippen MR) is 63.0 cm³/mol. The van der Waals surface area contributed by atoms with Crippen LogP contribution in [0.15, 0.2) is 24.3 Å². The second-order valence-electron chi connectivity index (χ2n) is 4.06. The van der Waals surface area contributed by atoms with Crippen molar-refractivity contribution >= 4 is 5.91 Å². The average Bonchev–Trinajstić information content (AvgIpc) is 2.76. The molecule has 0 aliphatic carbocycles. The molecule has 0 aromatic heterocycles. The van der Waals surface area contributed by atoms with Gasteiger partial charge in [0.2, 0.25) is 0 Å². The van der Waals surface area contributed by atoms with Crippen molar-refractivity contribution in [1.29, 1.82) is 0 Å². The summed E-state index contributed by atoms with van der Waals surface area (Å²) in [6.45, 7) is 1.44. The van der Waals surface area contributed by atoms with Gasteiger partial charge in [-0.15, -0.1) is 0 Å². The number of ether oxygens (including phenoxy) is 1. The molecule has 1 aromatic rings. The Hall–Kier alpha value is -1.59. The number of rotatable bonds is 3. The maximum atomic E-state index is 11.9. The Kier molecular flexibility index (Phi) is 3.61. The Balaban J connectivity index is 2.01. The first-order valence-electron chi connectivity index (χ1n) is 5.54. The van der Waals surface area contributed by atoms with Gasteiger partial charge < -0.3 is 20.5 Å². The Morgan fingerprint density at radius 3 is 3.06 bits per heavy atom. The van der Waals surface area contributed by atoms with E-state index in [1.54, 1.807) is 19.2 Å². The number of carbonyl (C=O) groups is 1. The highest BCUT2D eigenvalue weighted by atomic mass is 16.5. The maximum Gasteiger partial charge on any atom is 0.251 e. The zero-order valence-electron chi connectivity index (χ0n) is 9.64. The first kappa shape index (κ1) is 11.9. The monoisotopic (exact) mass is 236 g/mol. The number of benzene rings is 1. The lowest BCUT2D eigenvalue weighted by Gasteiger charge is -2.18. The van der Waals surface area contributed by atoms with Crippen LogP contribution in [0.5, 0.6) is 5.75 Å². The summed E-state index contributed by atoms with van der Waals surface area (Å²) in [5.74, 6) is -0.109. The fourth-order valence-corrected chi connectivity index (χ4v) is 1.95. The molecule has 5 nitrogen and oxygen atoms in total. The Bertz CT molecular complexity index is 408. The lowest BCUT2D eigenvalue weighted by molar-refractivity contribution is 0.0779. The quantitative estimate of drug-likeness (QED) is 0.696. The van der Waals surface area contributed by atoms with Gasteiger partial charge >= 0.3 is 0 Å². The van der Waals surface area contributed by atoms with Gasteiger partial charge in [0.25, 0.3) is 5.91 Å². The van der Waals surface area contributed by atoms with Crippen molar-refractivity contribution in [2.24, 2.45) is 0 Å². The molecule has 3 N–H and O–H groups in total. The number of hydrogen-bond acceptors (Lipinski definition) is 4. The second-order valence-corrected chi connectivity index (χ2v) is 4.06. The average molecular weight is 236 g/mol. The summed E-state index contributed by atoms with van der Waals surface area (Å²) >= 11 is 0. The molecule has 1 aliphatic heterocycles. The number of nitrogens with one attached hydrogen (secondary N) is 2. The van der Waals surface area contributed by atoms with Crippen LogP contribution in [-0.4, -0.2) is 43.4 Å². The minimum Gasteiger partial charge on any atom is -0.508 e. The SMILES string of the molecule is CO[C@@H]1CNCC1NC(=O)c1cccc(O)c1. The highest BCUT2D eigenvalue weighted by Crippen LogP contribution is 2.12. The van der Waals surface area contributed by atoms with Gasteiger partial charge in [-0.1, -0.05) is 6.07 Å². The topological polar surface area (TPSA) is 70.6 Å². The zero-order valence-corrected chi connectivity index (χ0v) is 9.64. The standard InChI is InChI=1S/C12H16N2O3/c1-17-11-7-13-6-10(11)14-12(16)8-3-2-4-9(15)5-8/h2-5,10-11,13,15H,6-7H2,1H3,(H,14,16)/t10?,11-/m1/s1. The van der Waals surface area contributed by atoms with Crippen LogP contribution in [0.25, 0.3) is 0 Å². The summed E-state index contributed by atoms with van der Waals surface area (Å²) in [5.41, 5.74) is 0.451. The van der Waals surface area contributed by atoms with Crippen LogP contribution in [0.4, 0.5) is 0 Å². The van der Waals surface area contributed by atoms with E-state index in [4.69, 9.17) is 4.74 Å². The molecule has 1 aromatic carbocycles. The lowest BCUT2D eigenvalue weighted by Crippen LogP contribution is -2.43. The van der Waals surface area contributed by atoms with Gasteiger partial charge in [-0.05, 0) is 18.2 Å². The zero-order chi connectivity index (χ0) is 12.3. The van der Waals surface area contributed by atoms with Crippen molar-refractivity contribution < 1.29 is 14.6 Å². The third-order valence-corrected chi connectivity index (χ3v) is 2.89. The van der Waals surface area contributed by atoms with Crippen molar-refractivity contribution in [2.45, 2.75) is 12.1 Å². The first-order chi connectivity index (χ1) is 8.20. The first-order valence-corrected chi connectivity index (χ1v) is 5.54. The van der Waals surface area contributed by atoms with Gasteiger partial charge in [0, 0.05) is 25.8 Å². The lowest BCUT2D eigenvalue weighted by atomic mass is 10.1. The van der Waals surface area contributed by atoms with E-state index in [2.05, 4.69) is 10.6 Å². The van der Waals surface area contributed by atoms with Crippen molar-refractivity contribution in [2.75, 3.05) is 20.2 Å². The summed E-state index contributed by atoms with van der Waals surface area (Å²) < 4.78 is 5.26. The third kappa shape index (κ3) is 2.75. The van der Waals surface area contributed by atoms with Gasteiger partial charge in [0.1, 0.15) is 5.75 Å². The predicted octanol–water partition coefficient (Wildman–Crippen LogP) is 0.109. The highest BCUT2D eigenvalue weighted by Gasteiger charge is 2.28. The number of phenols is 1. The molecule has 1 aliphatic rings. The second kappa shape index (κ2) is 5.16. The highest BCUT2D eigenvalue weighted by molar-refractivity contribution is 5.94. The number of carbonyl (C=O) groups excluding carboxylic acids is 1. The molecule has 0 bridgehead atoms. The molecule has 1 heterocycles. The molecule has 0 radical (unpaired) electrons. The number of hydrogen-bond donors (Lipinski definition) is 3. The summed E-state index contributed by atoms with van der Waals surface area (Å²) in [5, 5.41) is 15.3. The Labute approximate surface area is 99.8 Å². The molecular weight excluding hydrogens is 220 g/mol. The van der Waals surface area contributed by atoms with Crippen LogP contribution in [0.2, 0.25) is 0 Å². The molecule has 1 unspecified atom stereocenters. The Morgan fingerprint density at radius 2 is 2.35 bits per heavy atom. The summed E-state index contributed by atoms with van der Waals surface area (Å²) in [7, 11) is 1.63. The molecule has 17 heavy (non-hydrogen) atoms. The van der Waals surface area contributed by atoms with Crippen molar-refractivity contribution in [3.63, 3.8) is 0 Å². The molecular formula is C12H16N2O3. The molecule has 0 spiro atoms. The van der Waals surface area contributed by atoms with Crippen molar-refractivity contribution in [3.05, 3.63) is 29.8 Å². The van der Waals surface area contributed by atoms with E-state index < -0.39 is 0 Å². The molecule has 1 saturated heterocycles. The largest absolute Gasteiger partial charge is 0.508 e. The smallest absolute Gasteiger partial charge is 0.251 e. The van der Waals surface area contributed by atoms with Crippen LogP contribution in [0, 0.1) is 0 Å². The van der Waals surface area contributed by atoms with Crippen LogP contribution < -0.4 is 10.6 Å². The van der Waals surface area contributed by atoms with Gasteiger partial charge in [-0.3, -0.25) is 4.79 Å². The minimum absolute atomic E-state index is 0.00346. The van der Waals surface area contributed by atoms with Crippen molar-refractivity contribution in [3.8, 4) is 5.75 Å². The summed E-state index contributed by atoms with van der Waals surface area (Å²) in [6, 6.07) is 6.25. The van der Waals surface area contributed by atoms with E-state index in [-0.39, 0.29) is 23.8 Å². The Morgan fingerprint density at radius 1 is 1.53 bits per heavy atom. The van der Waals surface area contributed by atoms with Crippen LogP contribution in [0.1, 0.15) is 10.4 Å². The number of amides is 1. The molecule has 0 saturated carbocycles. The number of methoxy groups -OCH3 is 1. The van der Waals surface area contributed by atoms with Gasteiger partial charge in [0.15, 0.2) is 0 Å². The van der Waals surface area contributed by atoms with Gasteiger partial charge in [0.05, 0.1) is 12.1 Å². The van der Waals surface area contributed by atoms with Gasteiger partial charge in [-0.25, -0.2) is 0 Å². The van der Waals surface area contributed by atoms with Crippen LogP contribution in [0.3, 0.4) is 0 Å². The van der Waals surface area contributed by atoms with Crippen molar-refractivity contribution in [1.82, 2.24) is 10.6 Å². The van der Waals surface area contributed by atoms with E-state index in [1.807, 2.05) is 0 Å². The van der Waals surface area contributed by atoms with E-state index in [1.165, 1.54) is 12.1 Å². The van der Waals surface area contributed by atoms with E-state index in [0.29, 0.717) is 12.1 Å². The molecule has 1 amide bonds. The molecule has 2 atom stereocenters. The normalized spacial score (nSPS) is 23.6. The minimum atomic E-state index is -0.198. The maximum absolute atomic E-state index is 11.9. The number of phenolic OH excluding ortho intramolecular Hbond substituents is 1. The van der Waals surface area contributed by atoms with E-state index in [9.17, 15) is 9.90 Å². The summed E-state index contributed by atoms with van der Waals surface area (Å²) in [6.07, 6.45) is -0.00346. The van der Waals surface area contributed by atoms with E-state index >= 15 is 0 Å². The molecule has 2 rings (SSSR count). The fraction of sp³-hybridized carbons (Fsp3) is 0.417. The van der Waals surface area contributed by atoms with Gasteiger partial charge in [-0.2, -0.15) is 0 Å². The third-order valence-electron chi connectivity index (χ3n) is 2.89. The molecule has 5 heteroatoms. The van der Waals surface area contributed by atoms with Crippen LogP contribution >= 0.6 is 0 Å². The summed E-state index contributed by atoms with van der Waals surface area (Å²) in [4.78, 5) is 11.9. The molecule has 92 valence electrons. The molecule has 1 fully saturated rings. The van der Waals surface area contributed by atoms with E-state index in [0.717, 1.165) is 6.54 Å². The fourth-order valence-electron chi connectivity index (χ4n) is 1.95. The van der Waals surface area contributed by atoms with Crippen LogP contribution in [-0.2, 0) is 4.74 Å².